The van der Waals surface area contributed by atoms with Gasteiger partial charge in [-0.2, -0.15) is 0 Å². The van der Waals surface area contributed by atoms with Crippen LogP contribution in [0.1, 0.15) is 59.8 Å². The maximum absolute atomic E-state index is 11.5. The molecule has 2 unspecified atom stereocenters. The third-order valence-corrected chi connectivity index (χ3v) is 3.03. The second-order valence-corrected chi connectivity index (χ2v) is 6.08. The fourth-order valence-corrected chi connectivity index (χ4v) is 2.10. The molecule has 100 valence electrons. The van der Waals surface area contributed by atoms with E-state index in [1.54, 1.807) is 0 Å². The molecule has 2 atom stereocenters. The minimum Gasteiger partial charge on any atom is -0.443 e. The lowest BCUT2D eigenvalue weighted by Gasteiger charge is -2.22. The van der Waals surface area contributed by atoms with Crippen molar-refractivity contribution in [2.24, 2.45) is 5.92 Å². The monoisotopic (exact) mass is 242 g/mol. The van der Waals surface area contributed by atoms with Gasteiger partial charge in [0, 0.05) is 6.04 Å². The van der Waals surface area contributed by atoms with Crippen LogP contribution in [0.3, 0.4) is 0 Å². The molecule has 1 rings (SSSR count). The van der Waals surface area contributed by atoms with E-state index in [1.807, 2.05) is 20.8 Å². The molecule has 4 nitrogen and oxygen atoms in total. The fraction of sp³-hybridized carbons (Fsp3) is 0.923. The zero-order valence-electron chi connectivity index (χ0n) is 11.5. The highest BCUT2D eigenvalue weighted by Crippen LogP contribution is 2.22. The predicted octanol–water partition coefficient (Wildman–Crippen LogP) is 2.98. The number of ether oxygens (including phenoxy) is 1. The Kier molecular flexibility index (Phi) is 5.25. The average Bonchev–Trinajstić information content (AvgIpc) is 2.37. The molecule has 17 heavy (non-hydrogen) atoms. The molecule has 2 N–H and O–H groups in total. The minimum absolute atomic E-state index is 0.382. The van der Waals surface area contributed by atoms with Gasteiger partial charge in [0.1, 0.15) is 5.60 Å². The molecule has 1 amide bonds. The highest BCUT2D eigenvalue weighted by atomic mass is 16.6. The molecule has 0 radical (unpaired) electrons. The Labute approximate surface area is 104 Å². The van der Waals surface area contributed by atoms with E-state index >= 15 is 0 Å². The van der Waals surface area contributed by atoms with Crippen LogP contribution in [0.4, 0.5) is 4.79 Å². The zero-order chi connectivity index (χ0) is 12.9. The SMILES string of the molecule is CC1CCCC(NNC(=O)OC(C)(C)C)CC1. The molecule has 0 spiro atoms. The minimum atomic E-state index is -0.441. The molecule has 0 saturated heterocycles. The molecule has 1 fully saturated rings. The summed E-state index contributed by atoms with van der Waals surface area (Å²) in [5.74, 6) is 0.809. The summed E-state index contributed by atoms with van der Waals surface area (Å²) in [4.78, 5) is 11.5. The van der Waals surface area contributed by atoms with E-state index in [-0.39, 0.29) is 0 Å². The second kappa shape index (κ2) is 6.24. The summed E-state index contributed by atoms with van der Waals surface area (Å²) in [6.07, 6.45) is 5.61. The van der Waals surface area contributed by atoms with Crippen LogP contribution in [0, 0.1) is 5.92 Å². The molecular weight excluding hydrogens is 216 g/mol. The van der Waals surface area contributed by atoms with E-state index in [9.17, 15) is 4.79 Å². The van der Waals surface area contributed by atoms with Gasteiger partial charge in [0.15, 0.2) is 0 Å². The van der Waals surface area contributed by atoms with Crippen LogP contribution in [0.2, 0.25) is 0 Å². The Morgan fingerprint density at radius 1 is 1.18 bits per heavy atom. The van der Waals surface area contributed by atoms with E-state index < -0.39 is 11.7 Å². The number of carbonyl (C=O) groups excluding carboxylic acids is 1. The largest absolute Gasteiger partial charge is 0.443 e. The molecule has 1 aliphatic carbocycles. The van der Waals surface area contributed by atoms with Crippen molar-refractivity contribution in [1.29, 1.82) is 0 Å². The van der Waals surface area contributed by atoms with Crippen molar-refractivity contribution in [3.8, 4) is 0 Å². The van der Waals surface area contributed by atoms with E-state index in [0.29, 0.717) is 6.04 Å². The Morgan fingerprint density at radius 3 is 2.53 bits per heavy atom. The number of amides is 1. The first kappa shape index (κ1) is 14.3. The molecular formula is C13H26N2O2. The topological polar surface area (TPSA) is 50.4 Å². The lowest BCUT2D eigenvalue weighted by atomic mass is 10.0. The Hall–Kier alpha value is -0.770. The van der Waals surface area contributed by atoms with Crippen molar-refractivity contribution >= 4 is 6.09 Å². The van der Waals surface area contributed by atoms with Gasteiger partial charge >= 0.3 is 6.09 Å². The molecule has 0 aromatic heterocycles. The van der Waals surface area contributed by atoms with Crippen molar-refractivity contribution in [1.82, 2.24) is 10.9 Å². The van der Waals surface area contributed by atoms with Crippen LogP contribution in [0.25, 0.3) is 0 Å². The number of hydrogen-bond donors (Lipinski definition) is 2. The van der Waals surface area contributed by atoms with Crippen molar-refractivity contribution in [2.45, 2.75) is 71.4 Å². The number of rotatable bonds is 2. The fourth-order valence-electron chi connectivity index (χ4n) is 2.10. The third-order valence-electron chi connectivity index (χ3n) is 3.03. The van der Waals surface area contributed by atoms with Crippen LogP contribution in [0.5, 0.6) is 0 Å². The van der Waals surface area contributed by atoms with E-state index in [4.69, 9.17) is 4.74 Å². The smallest absolute Gasteiger partial charge is 0.422 e. The van der Waals surface area contributed by atoms with E-state index in [2.05, 4.69) is 17.8 Å². The van der Waals surface area contributed by atoms with Crippen molar-refractivity contribution < 1.29 is 9.53 Å². The number of nitrogens with one attached hydrogen (secondary N) is 2. The van der Waals surface area contributed by atoms with Gasteiger partial charge in [-0.05, 0) is 46.0 Å². The standard InChI is InChI=1S/C13H26N2O2/c1-10-6-5-7-11(9-8-10)14-15-12(16)17-13(2,3)4/h10-11,14H,5-9H2,1-4H3,(H,15,16). The summed E-state index contributed by atoms with van der Waals surface area (Å²) < 4.78 is 5.17. The third kappa shape index (κ3) is 6.51. The van der Waals surface area contributed by atoms with Gasteiger partial charge in [-0.15, -0.1) is 0 Å². The Bertz CT molecular complexity index is 248. The normalized spacial score (nSPS) is 26.1. The van der Waals surface area contributed by atoms with Crippen molar-refractivity contribution in [3.63, 3.8) is 0 Å². The molecule has 1 saturated carbocycles. The summed E-state index contributed by atoms with van der Waals surface area (Å²) in [5, 5.41) is 0. The molecule has 0 bridgehead atoms. The first-order valence-electron chi connectivity index (χ1n) is 6.61. The summed E-state index contributed by atoms with van der Waals surface area (Å²) in [5.41, 5.74) is 5.28. The van der Waals surface area contributed by atoms with Crippen LogP contribution in [-0.4, -0.2) is 17.7 Å². The van der Waals surface area contributed by atoms with Gasteiger partial charge in [-0.1, -0.05) is 19.8 Å². The van der Waals surface area contributed by atoms with Crippen LogP contribution < -0.4 is 10.9 Å². The zero-order valence-corrected chi connectivity index (χ0v) is 11.5. The van der Waals surface area contributed by atoms with Gasteiger partial charge < -0.3 is 4.74 Å². The lowest BCUT2D eigenvalue weighted by Crippen LogP contribution is -2.46. The van der Waals surface area contributed by atoms with Crippen LogP contribution in [0.15, 0.2) is 0 Å². The van der Waals surface area contributed by atoms with E-state index in [0.717, 1.165) is 18.8 Å². The maximum Gasteiger partial charge on any atom is 0.422 e. The summed E-state index contributed by atoms with van der Waals surface area (Å²) in [6.45, 7) is 7.88. The van der Waals surface area contributed by atoms with Crippen molar-refractivity contribution in [2.75, 3.05) is 0 Å². The summed E-state index contributed by atoms with van der Waals surface area (Å²) in [6, 6.07) is 0.382. The van der Waals surface area contributed by atoms with Gasteiger partial charge in [-0.25, -0.2) is 10.2 Å². The van der Waals surface area contributed by atoms with Crippen molar-refractivity contribution in [3.05, 3.63) is 0 Å². The molecule has 0 aromatic carbocycles. The molecule has 0 aliphatic heterocycles. The van der Waals surface area contributed by atoms with Gasteiger partial charge in [0.05, 0.1) is 0 Å². The predicted molar refractivity (Wildman–Crippen MR) is 68.5 cm³/mol. The first-order chi connectivity index (χ1) is 7.87. The summed E-state index contributed by atoms with van der Waals surface area (Å²) >= 11 is 0. The molecule has 0 heterocycles. The molecule has 1 aliphatic rings. The second-order valence-electron chi connectivity index (χ2n) is 6.08. The maximum atomic E-state index is 11.5. The number of hydrogen-bond acceptors (Lipinski definition) is 3. The van der Waals surface area contributed by atoms with Gasteiger partial charge in [0.2, 0.25) is 0 Å². The summed E-state index contributed by atoms with van der Waals surface area (Å²) in [7, 11) is 0. The highest BCUT2D eigenvalue weighted by molar-refractivity contribution is 5.67. The molecule has 4 heteroatoms. The average molecular weight is 242 g/mol. The van der Waals surface area contributed by atoms with Crippen LogP contribution >= 0.6 is 0 Å². The lowest BCUT2D eigenvalue weighted by molar-refractivity contribution is 0.0485. The van der Waals surface area contributed by atoms with Crippen LogP contribution in [-0.2, 0) is 4.74 Å². The van der Waals surface area contributed by atoms with Gasteiger partial charge in [0.25, 0.3) is 0 Å². The number of carbonyl (C=O) groups is 1. The van der Waals surface area contributed by atoms with Gasteiger partial charge in [-0.3, -0.25) is 5.43 Å². The van der Waals surface area contributed by atoms with E-state index in [1.165, 1.54) is 19.3 Å². The first-order valence-corrected chi connectivity index (χ1v) is 6.61. The Morgan fingerprint density at radius 2 is 1.88 bits per heavy atom. The number of hydrazine groups is 1. The molecule has 0 aromatic rings. The highest BCUT2D eigenvalue weighted by Gasteiger charge is 2.19. The Balaban J connectivity index is 2.23. The quantitative estimate of drug-likeness (QED) is 0.578.